The van der Waals surface area contributed by atoms with Crippen molar-refractivity contribution in [2.45, 2.75) is 50.6 Å². The number of nitrogens with zero attached hydrogens (tertiary/aromatic N) is 3. The molecule has 1 aliphatic rings. The first-order valence-corrected chi connectivity index (χ1v) is 13.1. The van der Waals surface area contributed by atoms with E-state index >= 15 is 0 Å². The van der Waals surface area contributed by atoms with Crippen molar-refractivity contribution in [1.82, 2.24) is 15.5 Å². The normalized spacial score (nSPS) is 19.3. The molecule has 0 unspecified atom stereocenters. The quantitative estimate of drug-likeness (QED) is 0.184. The molecule has 0 atom stereocenters. The molecule has 1 saturated carbocycles. The van der Waals surface area contributed by atoms with E-state index < -0.39 is 0 Å². The van der Waals surface area contributed by atoms with Crippen molar-refractivity contribution in [2.24, 2.45) is 4.99 Å². The molecule has 0 saturated heterocycles. The number of methoxy groups -OCH3 is 1. The fourth-order valence-electron chi connectivity index (χ4n) is 5.35. The predicted octanol–water partition coefficient (Wildman–Crippen LogP) is 4.85. The Hall–Kier alpha value is -4.25. The fraction of sp³-hybridized carbons (Fsp3) is 0.367. The number of hydrogen-bond acceptors (Lipinski definition) is 5. The molecule has 8 heteroatoms. The number of rotatable bonds is 9. The average molecular weight is 514 g/mol. The SMILES string of the molecule is CCN=C(NC#N)N(Cc1ccco1)C1CCC(CNC(=O)c2ccccc2OC)(c2ccccc2)CC1. The van der Waals surface area contributed by atoms with Gasteiger partial charge < -0.3 is 19.4 Å². The predicted molar refractivity (Wildman–Crippen MR) is 147 cm³/mol. The number of ether oxygens (including phenoxy) is 1. The lowest BCUT2D eigenvalue weighted by Crippen LogP contribution is -2.51. The van der Waals surface area contributed by atoms with E-state index in [0.29, 0.717) is 36.9 Å². The minimum atomic E-state index is -0.212. The van der Waals surface area contributed by atoms with E-state index in [1.807, 2.05) is 43.4 Å². The van der Waals surface area contributed by atoms with E-state index in [-0.39, 0.29) is 17.4 Å². The summed E-state index contributed by atoms with van der Waals surface area (Å²) in [6.45, 7) is 3.56. The Morgan fingerprint density at radius 1 is 1.13 bits per heavy atom. The molecule has 0 aliphatic heterocycles. The van der Waals surface area contributed by atoms with Gasteiger partial charge in [0.2, 0.25) is 5.96 Å². The van der Waals surface area contributed by atoms with Crippen LogP contribution >= 0.6 is 0 Å². The number of aliphatic imine (C=N–C) groups is 1. The van der Waals surface area contributed by atoms with E-state index in [1.54, 1.807) is 25.5 Å². The number of benzene rings is 2. The molecule has 3 aromatic rings. The minimum absolute atomic E-state index is 0.144. The number of nitriles is 1. The molecule has 38 heavy (non-hydrogen) atoms. The van der Waals surface area contributed by atoms with Crippen LogP contribution in [0.4, 0.5) is 0 Å². The van der Waals surface area contributed by atoms with Gasteiger partial charge in [-0.15, -0.1) is 0 Å². The zero-order valence-corrected chi connectivity index (χ0v) is 22.0. The molecule has 198 valence electrons. The third kappa shape index (κ3) is 6.17. The smallest absolute Gasteiger partial charge is 0.255 e. The van der Waals surface area contributed by atoms with Crippen molar-refractivity contribution >= 4 is 11.9 Å². The third-order valence-electron chi connectivity index (χ3n) is 7.33. The van der Waals surface area contributed by atoms with Gasteiger partial charge in [0.1, 0.15) is 11.5 Å². The summed E-state index contributed by atoms with van der Waals surface area (Å²) in [6, 6.07) is 21.7. The molecule has 1 amide bonds. The first-order chi connectivity index (χ1) is 18.6. The standard InChI is InChI=1S/C30H35N5O3/c1-3-32-29(34-22-31)35(20-25-12-9-19-38-25)24-15-17-30(18-16-24,23-10-5-4-6-11-23)21-33-28(36)26-13-7-8-14-27(26)37-2/h4-14,19,24H,3,15-18,20-21H2,1-2H3,(H,32,34)(H,33,36). The van der Waals surface area contributed by atoms with Gasteiger partial charge in [0.25, 0.3) is 5.91 Å². The van der Waals surface area contributed by atoms with Crippen LogP contribution in [0.5, 0.6) is 5.75 Å². The summed E-state index contributed by atoms with van der Waals surface area (Å²) in [5.74, 6) is 1.80. The van der Waals surface area contributed by atoms with Crippen molar-refractivity contribution in [2.75, 3.05) is 20.2 Å². The summed E-state index contributed by atoms with van der Waals surface area (Å²) in [4.78, 5) is 19.9. The summed E-state index contributed by atoms with van der Waals surface area (Å²) in [5, 5.41) is 15.4. The molecular formula is C30H35N5O3. The second-order valence-corrected chi connectivity index (χ2v) is 9.50. The van der Waals surface area contributed by atoms with Gasteiger partial charge in [0.15, 0.2) is 6.19 Å². The maximum absolute atomic E-state index is 13.2. The van der Waals surface area contributed by atoms with Crippen molar-refractivity contribution in [3.63, 3.8) is 0 Å². The number of carbonyl (C=O) groups excluding carboxylic acids is 1. The van der Waals surface area contributed by atoms with Gasteiger partial charge in [-0.1, -0.05) is 42.5 Å². The summed E-state index contributed by atoms with van der Waals surface area (Å²) >= 11 is 0. The van der Waals surface area contributed by atoms with E-state index in [1.165, 1.54) is 5.56 Å². The monoisotopic (exact) mass is 513 g/mol. The van der Waals surface area contributed by atoms with Gasteiger partial charge in [0, 0.05) is 24.5 Å². The van der Waals surface area contributed by atoms with Crippen LogP contribution in [-0.4, -0.2) is 43.0 Å². The van der Waals surface area contributed by atoms with E-state index in [2.05, 4.69) is 44.8 Å². The zero-order chi connectivity index (χ0) is 26.8. The second kappa shape index (κ2) is 12.8. The molecule has 4 rings (SSSR count). The van der Waals surface area contributed by atoms with Gasteiger partial charge in [-0.3, -0.25) is 15.1 Å². The van der Waals surface area contributed by atoms with Crippen molar-refractivity contribution in [3.05, 3.63) is 89.9 Å². The number of carbonyl (C=O) groups is 1. The molecular weight excluding hydrogens is 478 g/mol. The number of furan rings is 1. The van der Waals surface area contributed by atoms with E-state index in [9.17, 15) is 10.1 Å². The van der Waals surface area contributed by atoms with Gasteiger partial charge >= 0.3 is 0 Å². The number of nitrogens with one attached hydrogen (secondary N) is 2. The summed E-state index contributed by atoms with van der Waals surface area (Å²) in [6.07, 6.45) is 7.18. The maximum atomic E-state index is 13.2. The van der Waals surface area contributed by atoms with E-state index in [4.69, 9.17) is 9.15 Å². The Morgan fingerprint density at radius 2 is 1.87 bits per heavy atom. The first kappa shape index (κ1) is 26.8. The van der Waals surface area contributed by atoms with Crippen LogP contribution < -0.4 is 15.4 Å². The van der Waals surface area contributed by atoms with Crippen LogP contribution in [0.3, 0.4) is 0 Å². The number of amides is 1. The van der Waals surface area contributed by atoms with E-state index in [0.717, 1.165) is 31.4 Å². The van der Waals surface area contributed by atoms with Crippen LogP contribution in [0, 0.1) is 11.5 Å². The van der Waals surface area contributed by atoms with Crippen molar-refractivity contribution < 1.29 is 13.9 Å². The highest BCUT2D eigenvalue weighted by Gasteiger charge is 2.39. The van der Waals surface area contributed by atoms with Crippen LogP contribution in [0.2, 0.25) is 0 Å². The highest BCUT2D eigenvalue weighted by Crippen LogP contribution is 2.41. The number of hydrogen-bond donors (Lipinski definition) is 2. The Morgan fingerprint density at radius 3 is 2.53 bits per heavy atom. The molecule has 1 aromatic heterocycles. The zero-order valence-electron chi connectivity index (χ0n) is 22.0. The van der Waals surface area contributed by atoms with Crippen molar-refractivity contribution in [3.8, 4) is 11.9 Å². The highest BCUT2D eigenvalue weighted by molar-refractivity contribution is 5.97. The lowest BCUT2D eigenvalue weighted by Gasteiger charge is -2.44. The molecule has 0 spiro atoms. The van der Waals surface area contributed by atoms with Crippen molar-refractivity contribution in [1.29, 1.82) is 5.26 Å². The highest BCUT2D eigenvalue weighted by atomic mass is 16.5. The molecule has 1 heterocycles. The Bertz CT molecular complexity index is 1240. The molecule has 1 fully saturated rings. The summed E-state index contributed by atoms with van der Waals surface area (Å²) in [5.41, 5.74) is 1.53. The Kier molecular flexibility index (Phi) is 9.04. The van der Waals surface area contributed by atoms with Gasteiger partial charge in [-0.2, -0.15) is 5.26 Å². The molecule has 2 aromatic carbocycles. The topological polar surface area (TPSA) is 103 Å². The van der Waals surface area contributed by atoms with Gasteiger partial charge in [-0.25, -0.2) is 0 Å². The molecule has 0 bridgehead atoms. The molecule has 0 radical (unpaired) electrons. The lowest BCUT2D eigenvalue weighted by atomic mass is 9.67. The Labute approximate surface area is 224 Å². The first-order valence-electron chi connectivity index (χ1n) is 13.1. The Balaban J connectivity index is 1.55. The third-order valence-corrected chi connectivity index (χ3v) is 7.33. The van der Waals surface area contributed by atoms with Crippen LogP contribution in [0.25, 0.3) is 0 Å². The molecule has 1 aliphatic carbocycles. The summed E-state index contributed by atoms with van der Waals surface area (Å²) in [7, 11) is 1.57. The number of para-hydroxylation sites is 1. The van der Waals surface area contributed by atoms with Crippen LogP contribution in [0.1, 0.15) is 54.3 Å². The van der Waals surface area contributed by atoms with Gasteiger partial charge in [-0.05, 0) is 62.4 Å². The largest absolute Gasteiger partial charge is 0.496 e. The van der Waals surface area contributed by atoms with Crippen LogP contribution in [-0.2, 0) is 12.0 Å². The maximum Gasteiger partial charge on any atom is 0.255 e. The number of guanidine groups is 1. The van der Waals surface area contributed by atoms with Gasteiger partial charge in [0.05, 0.1) is 25.5 Å². The lowest BCUT2D eigenvalue weighted by molar-refractivity contribution is 0.0924. The average Bonchev–Trinajstić information content (AvgIpc) is 3.49. The minimum Gasteiger partial charge on any atom is -0.496 e. The fourth-order valence-corrected chi connectivity index (χ4v) is 5.35. The molecule has 2 N–H and O–H groups in total. The van der Waals surface area contributed by atoms with Crippen LogP contribution in [0.15, 0.2) is 82.4 Å². The molecule has 8 nitrogen and oxygen atoms in total. The summed E-state index contributed by atoms with van der Waals surface area (Å²) < 4.78 is 11.0. The second-order valence-electron chi connectivity index (χ2n) is 9.50.